The summed E-state index contributed by atoms with van der Waals surface area (Å²) in [6, 6.07) is 11.2. The summed E-state index contributed by atoms with van der Waals surface area (Å²) in [6.45, 7) is 4.36. The van der Waals surface area contributed by atoms with Crippen molar-refractivity contribution in [3.8, 4) is 11.5 Å². The second-order valence-electron chi connectivity index (χ2n) is 7.70. The van der Waals surface area contributed by atoms with Gasteiger partial charge in [-0.3, -0.25) is 25.5 Å². The van der Waals surface area contributed by atoms with Crippen molar-refractivity contribution < 1.29 is 14.3 Å². The van der Waals surface area contributed by atoms with Gasteiger partial charge in [-0.2, -0.15) is 0 Å². The van der Waals surface area contributed by atoms with Crippen LogP contribution in [0.25, 0.3) is 0 Å². The number of carbonyl (C=O) groups excluding carboxylic acids is 1. The van der Waals surface area contributed by atoms with Crippen LogP contribution in [-0.2, 0) is 6.54 Å². The quantitative estimate of drug-likeness (QED) is 0.474. The lowest BCUT2D eigenvalue weighted by Gasteiger charge is -2.36. The molecule has 11 heteroatoms. The molecule has 4 N–H and O–H groups in total. The lowest BCUT2D eigenvalue weighted by atomic mass is 10.1. The minimum atomic E-state index is -0.382. The smallest absolute Gasteiger partial charge is 0.288 e. The summed E-state index contributed by atoms with van der Waals surface area (Å²) in [6.07, 6.45) is 2.98. The maximum Gasteiger partial charge on any atom is 0.288 e. The number of fused-ring (bicyclic) bond motifs is 1. The number of aromatic nitrogens is 3. The summed E-state index contributed by atoms with van der Waals surface area (Å²) in [5.41, 5.74) is 13.5. The Morgan fingerprint density at radius 3 is 2.70 bits per heavy atom. The van der Waals surface area contributed by atoms with E-state index in [4.69, 9.17) is 15.2 Å². The predicted molar refractivity (Wildman–Crippen MR) is 122 cm³/mol. The number of nitrogens with two attached hydrogens (primary N) is 1. The fraction of sp³-hybridized carbons (Fsp3) is 0.273. The van der Waals surface area contributed by atoms with Gasteiger partial charge in [-0.15, -0.1) is 0 Å². The Morgan fingerprint density at radius 1 is 1.03 bits per heavy atom. The van der Waals surface area contributed by atoms with Gasteiger partial charge in [-0.05, 0) is 29.8 Å². The molecule has 1 amide bonds. The number of anilines is 3. The van der Waals surface area contributed by atoms with E-state index >= 15 is 0 Å². The summed E-state index contributed by atoms with van der Waals surface area (Å²) in [4.78, 5) is 29.3. The zero-order chi connectivity index (χ0) is 22.6. The first kappa shape index (κ1) is 20.8. The summed E-state index contributed by atoms with van der Waals surface area (Å²) in [5.74, 6) is 2.19. The number of nitrogens with zero attached hydrogens (tertiary/aromatic N) is 5. The topological polar surface area (TPSA) is 131 Å². The first-order chi connectivity index (χ1) is 16.2. The molecule has 11 nitrogen and oxygen atoms in total. The van der Waals surface area contributed by atoms with E-state index in [0.717, 1.165) is 44.2 Å². The van der Waals surface area contributed by atoms with Gasteiger partial charge in [0.2, 0.25) is 6.79 Å². The van der Waals surface area contributed by atoms with Crippen molar-refractivity contribution in [1.82, 2.24) is 25.3 Å². The van der Waals surface area contributed by atoms with Crippen molar-refractivity contribution in [2.75, 3.05) is 49.0 Å². The van der Waals surface area contributed by atoms with E-state index in [-0.39, 0.29) is 18.4 Å². The van der Waals surface area contributed by atoms with Gasteiger partial charge in [0.15, 0.2) is 23.1 Å². The number of carbonyl (C=O) groups is 1. The largest absolute Gasteiger partial charge is 0.454 e. The van der Waals surface area contributed by atoms with Crippen molar-refractivity contribution in [3.05, 3.63) is 60.2 Å². The molecular weight excluding hydrogens is 424 g/mol. The Hall–Kier alpha value is -4.12. The van der Waals surface area contributed by atoms with Crippen LogP contribution in [0.1, 0.15) is 16.1 Å². The number of hydrogen-bond acceptors (Lipinski definition) is 10. The van der Waals surface area contributed by atoms with E-state index in [1.807, 2.05) is 12.1 Å². The monoisotopic (exact) mass is 448 g/mol. The molecule has 0 spiro atoms. The standard InChI is InChI=1S/C22H24N8O3/c23-19-20(27-28-22(31)16-3-1-2-6-24-16)25-13-26-21(19)30-9-7-29(8-10-30)12-15-4-5-17-18(11-15)33-14-32-17/h1-6,11,13H,7-10,12,14,23H2,(H,28,31)(H,25,26,27). The number of nitrogens with one attached hydrogen (secondary N) is 2. The van der Waals surface area contributed by atoms with Gasteiger partial charge in [0.1, 0.15) is 17.7 Å². The fourth-order valence-corrected chi connectivity index (χ4v) is 3.83. The summed E-state index contributed by atoms with van der Waals surface area (Å²) < 4.78 is 10.9. The van der Waals surface area contributed by atoms with Crippen LogP contribution in [0.5, 0.6) is 11.5 Å². The fourth-order valence-electron chi connectivity index (χ4n) is 3.83. The highest BCUT2D eigenvalue weighted by Crippen LogP contribution is 2.33. The molecule has 1 aromatic carbocycles. The Kier molecular flexibility index (Phi) is 5.77. The predicted octanol–water partition coefficient (Wildman–Crippen LogP) is 1.26. The van der Waals surface area contributed by atoms with E-state index < -0.39 is 0 Å². The molecule has 5 rings (SSSR count). The van der Waals surface area contributed by atoms with Gasteiger partial charge in [0, 0.05) is 38.9 Å². The van der Waals surface area contributed by atoms with E-state index in [0.29, 0.717) is 17.3 Å². The SMILES string of the molecule is Nc1c(NNC(=O)c2ccccn2)ncnc1N1CCN(Cc2ccc3c(c2)OCO3)CC1. The van der Waals surface area contributed by atoms with Crippen LogP contribution in [0.4, 0.5) is 17.3 Å². The van der Waals surface area contributed by atoms with Crippen molar-refractivity contribution in [2.24, 2.45) is 0 Å². The second kappa shape index (κ2) is 9.17. The number of benzene rings is 1. The molecule has 3 aromatic rings. The van der Waals surface area contributed by atoms with Crippen molar-refractivity contribution in [2.45, 2.75) is 6.54 Å². The molecule has 170 valence electrons. The van der Waals surface area contributed by atoms with Crippen LogP contribution >= 0.6 is 0 Å². The van der Waals surface area contributed by atoms with E-state index in [1.54, 1.807) is 24.4 Å². The number of rotatable bonds is 6. The Balaban J connectivity index is 1.18. The molecular formula is C22H24N8O3. The van der Waals surface area contributed by atoms with Crippen molar-refractivity contribution in [3.63, 3.8) is 0 Å². The van der Waals surface area contributed by atoms with E-state index in [1.165, 1.54) is 11.9 Å². The maximum atomic E-state index is 12.2. The molecule has 0 aliphatic carbocycles. The Labute approximate surface area is 190 Å². The van der Waals surface area contributed by atoms with Crippen LogP contribution in [-0.4, -0.2) is 58.7 Å². The normalized spacial score (nSPS) is 15.3. The van der Waals surface area contributed by atoms with Gasteiger partial charge >= 0.3 is 0 Å². The first-order valence-electron chi connectivity index (χ1n) is 10.6. The van der Waals surface area contributed by atoms with Crippen LogP contribution in [0, 0.1) is 0 Å². The summed E-state index contributed by atoms with van der Waals surface area (Å²) in [5, 5.41) is 0. The molecule has 0 radical (unpaired) electrons. The molecule has 1 saturated heterocycles. The lowest BCUT2D eigenvalue weighted by molar-refractivity contribution is 0.0957. The number of pyridine rings is 1. The number of ether oxygens (including phenoxy) is 2. The van der Waals surface area contributed by atoms with Crippen LogP contribution in [0.15, 0.2) is 48.9 Å². The third kappa shape index (κ3) is 4.58. The molecule has 0 unspecified atom stereocenters. The van der Waals surface area contributed by atoms with E-state index in [2.05, 4.69) is 41.7 Å². The number of hydrogen-bond donors (Lipinski definition) is 3. The van der Waals surface area contributed by atoms with Crippen LogP contribution in [0.2, 0.25) is 0 Å². The molecule has 33 heavy (non-hydrogen) atoms. The van der Waals surface area contributed by atoms with Crippen LogP contribution in [0.3, 0.4) is 0 Å². The van der Waals surface area contributed by atoms with Gasteiger partial charge in [-0.25, -0.2) is 9.97 Å². The van der Waals surface area contributed by atoms with Crippen molar-refractivity contribution in [1.29, 1.82) is 0 Å². The molecule has 2 aliphatic heterocycles. The molecule has 0 atom stereocenters. The van der Waals surface area contributed by atoms with Gasteiger partial charge < -0.3 is 20.1 Å². The number of hydrazine groups is 1. The number of piperazine rings is 1. The zero-order valence-electron chi connectivity index (χ0n) is 17.9. The molecule has 2 aliphatic rings. The highest BCUT2D eigenvalue weighted by molar-refractivity contribution is 5.93. The minimum absolute atomic E-state index is 0.279. The number of amides is 1. The summed E-state index contributed by atoms with van der Waals surface area (Å²) in [7, 11) is 0. The Bertz CT molecular complexity index is 1140. The minimum Gasteiger partial charge on any atom is -0.454 e. The average molecular weight is 448 g/mol. The highest BCUT2D eigenvalue weighted by Gasteiger charge is 2.22. The maximum absolute atomic E-state index is 12.2. The molecule has 0 bridgehead atoms. The molecule has 4 heterocycles. The van der Waals surface area contributed by atoms with Crippen LogP contribution < -0.4 is 31.0 Å². The first-order valence-corrected chi connectivity index (χ1v) is 10.6. The zero-order valence-corrected chi connectivity index (χ0v) is 17.9. The lowest BCUT2D eigenvalue weighted by Crippen LogP contribution is -2.46. The van der Waals surface area contributed by atoms with Gasteiger partial charge in [0.05, 0.1) is 0 Å². The van der Waals surface area contributed by atoms with Gasteiger partial charge in [0.25, 0.3) is 5.91 Å². The second-order valence-corrected chi connectivity index (χ2v) is 7.70. The van der Waals surface area contributed by atoms with Gasteiger partial charge in [-0.1, -0.05) is 12.1 Å². The summed E-state index contributed by atoms with van der Waals surface area (Å²) >= 11 is 0. The average Bonchev–Trinajstić information content (AvgIpc) is 3.32. The number of nitrogen functional groups attached to an aromatic ring is 1. The molecule has 2 aromatic heterocycles. The third-order valence-corrected chi connectivity index (χ3v) is 5.57. The van der Waals surface area contributed by atoms with Crippen molar-refractivity contribution >= 4 is 23.2 Å². The Morgan fingerprint density at radius 2 is 1.88 bits per heavy atom. The molecule has 0 saturated carbocycles. The highest BCUT2D eigenvalue weighted by atomic mass is 16.7. The van der Waals surface area contributed by atoms with E-state index in [9.17, 15) is 4.79 Å². The third-order valence-electron chi connectivity index (χ3n) is 5.57. The molecule has 1 fully saturated rings.